The molecule has 1 aliphatic carbocycles. The molecule has 1 saturated heterocycles. The van der Waals surface area contributed by atoms with Gasteiger partial charge in [-0.05, 0) is 31.4 Å². The maximum Gasteiger partial charge on any atom is 0.257 e. The molecular formula is C25H29N7O4. The van der Waals surface area contributed by atoms with E-state index in [0.717, 1.165) is 29.8 Å². The fourth-order valence-corrected chi connectivity index (χ4v) is 5.11. The van der Waals surface area contributed by atoms with Crippen molar-refractivity contribution in [1.29, 1.82) is 0 Å². The molecule has 36 heavy (non-hydrogen) atoms. The smallest absolute Gasteiger partial charge is 0.257 e. The predicted octanol–water partition coefficient (Wildman–Crippen LogP) is 1.97. The number of aliphatic hydroxyl groups excluding tert-OH is 1. The van der Waals surface area contributed by atoms with E-state index >= 15 is 0 Å². The Morgan fingerprint density at radius 2 is 2.14 bits per heavy atom. The second kappa shape index (κ2) is 9.16. The molecule has 2 aromatic heterocycles. The van der Waals surface area contributed by atoms with Crippen molar-refractivity contribution in [3.8, 4) is 22.6 Å². The van der Waals surface area contributed by atoms with Crippen LogP contribution in [0, 0.1) is 0 Å². The highest BCUT2D eigenvalue weighted by molar-refractivity contribution is 6.00. The molecule has 0 aromatic carbocycles. The van der Waals surface area contributed by atoms with Crippen molar-refractivity contribution >= 4 is 17.4 Å². The minimum Gasteiger partial charge on any atom is -0.391 e. The van der Waals surface area contributed by atoms with Crippen LogP contribution in [0.2, 0.25) is 0 Å². The molecule has 3 aliphatic heterocycles. The van der Waals surface area contributed by atoms with Gasteiger partial charge in [-0.3, -0.25) is 4.79 Å². The van der Waals surface area contributed by atoms with E-state index in [4.69, 9.17) is 19.4 Å². The van der Waals surface area contributed by atoms with Crippen LogP contribution < -0.4 is 10.6 Å². The van der Waals surface area contributed by atoms with Crippen molar-refractivity contribution in [3.63, 3.8) is 0 Å². The quantitative estimate of drug-likeness (QED) is 0.374. The number of rotatable bonds is 6. The van der Waals surface area contributed by atoms with Crippen molar-refractivity contribution in [3.05, 3.63) is 42.4 Å². The van der Waals surface area contributed by atoms with E-state index < -0.39 is 6.10 Å². The number of nitrogens with zero attached hydrogens (tertiary/aromatic N) is 5. The Labute approximate surface area is 207 Å². The Hall–Kier alpha value is -3.54. The molecule has 2 unspecified atom stereocenters. The largest absolute Gasteiger partial charge is 0.391 e. The van der Waals surface area contributed by atoms with Crippen LogP contribution in [0.3, 0.4) is 0 Å². The van der Waals surface area contributed by atoms with Crippen molar-refractivity contribution in [2.24, 2.45) is 0 Å². The molecule has 6 rings (SSSR count). The van der Waals surface area contributed by atoms with Gasteiger partial charge in [0.15, 0.2) is 5.65 Å². The molecule has 11 heteroatoms. The number of anilines is 1. The van der Waals surface area contributed by atoms with Gasteiger partial charge < -0.3 is 29.8 Å². The summed E-state index contributed by atoms with van der Waals surface area (Å²) in [7, 11) is 3.51. The lowest BCUT2D eigenvalue weighted by Crippen LogP contribution is -2.50. The highest BCUT2D eigenvalue weighted by atomic mass is 16.5. The van der Waals surface area contributed by atoms with Gasteiger partial charge in [0.1, 0.15) is 23.3 Å². The van der Waals surface area contributed by atoms with Crippen LogP contribution in [0.5, 0.6) is 0 Å². The van der Waals surface area contributed by atoms with Crippen LogP contribution in [-0.4, -0.2) is 80.8 Å². The number of aromatic nitrogens is 5. The van der Waals surface area contributed by atoms with Crippen molar-refractivity contribution in [1.82, 2.24) is 29.5 Å². The zero-order chi connectivity index (χ0) is 24.8. The van der Waals surface area contributed by atoms with E-state index in [1.165, 1.54) is 6.20 Å². The lowest BCUT2D eigenvalue weighted by molar-refractivity contribution is -0.0600. The second-order valence-corrected chi connectivity index (χ2v) is 9.32. The van der Waals surface area contributed by atoms with Gasteiger partial charge in [-0.25, -0.2) is 9.97 Å². The molecule has 1 saturated carbocycles. The molecule has 2 fully saturated rings. The standard InChI is InChI=1S/C25H29N7O4/c1-26-22-10-18(29-24-16(12-28-32(22)24)25(34)30-17-5-6-20(17)33)15-11-27-23-14(15)4-3-8-31(23)19-7-9-36-13-21(19)35-2/h3-4,8,10-12,17,19-21,26,33H,5-7,9,13H2,1-2H3,(H,30,34)/t17?,19?,20-,21-/m0/s1. The fourth-order valence-electron chi connectivity index (χ4n) is 5.11. The maximum atomic E-state index is 13.0. The number of carbonyl (C=O) groups is 1. The lowest BCUT2D eigenvalue weighted by Gasteiger charge is -2.33. The van der Waals surface area contributed by atoms with Gasteiger partial charge in [0, 0.05) is 50.4 Å². The molecule has 188 valence electrons. The van der Waals surface area contributed by atoms with Crippen molar-refractivity contribution in [2.45, 2.75) is 43.6 Å². The summed E-state index contributed by atoms with van der Waals surface area (Å²) in [6.07, 6.45) is 7.10. The molecule has 4 atom stereocenters. The number of carbonyl (C=O) groups excluding carboxylic acids is 1. The number of ether oxygens (including phenoxy) is 2. The molecule has 3 N–H and O–H groups in total. The van der Waals surface area contributed by atoms with Gasteiger partial charge in [0.2, 0.25) is 0 Å². The van der Waals surface area contributed by atoms with E-state index in [1.807, 2.05) is 30.6 Å². The Kier molecular flexibility index (Phi) is 5.82. The van der Waals surface area contributed by atoms with Crippen LogP contribution in [0.15, 0.2) is 36.8 Å². The first-order chi connectivity index (χ1) is 17.6. The number of amides is 1. The van der Waals surface area contributed by atoms with Gasteiger partial charge in [-0.15, -0.1) is 0 Å². The van der Waals surface area contributed by atoms with Gasteiger partial charge in [0.05, 0.1) is 36.7 Å². The van der Waals surface area contributed by atoms with Crippen LogP contribution in [0.1, 0.15) is 35.7 Å². The lowest BCUT2D eigenvalue weighted by atomic mass is 9.89. The van der Waals surface area contributed by atoms with E-state index in [2.05, 4.69) is 20.3 Å². The van der Waals surface area contributed by atoms with E-state index in [9.17, 15) is 9.90 Å². The first-order valence-corrected chi connectivity index (χ1v) is 12.2. The Bertz CT molecular complexity index is 1380. The minimum atomic E-state index is -0.505. The van der Waals surface area contributed by atoms with Crippen LogP contribution in [-0.2, 0) is 9.47 Å². The molecule has 4 aliphatic rings. The molecule has 1 amide bonds. The summed E-state index contributed by atoms with van der Waals surface area (Å²) < 4.78 is 15.1. The van der Waals surface area contributed by atoms with Crippen LogP contribution in [0.25, 0.3) is 28.3 Å². The van der Waals surface area contributed by atoms with Crippen molar-refractivity contribution in [2.75, 3.05) is 32.7 Å². The number of fused-ring (bicyclic) bond motifs is 2. The Morgan fingerprint density at radius 3 is 2.89 bits per heavy atom. The average molecular weight is 492 g/mol. The summed E-state index contributed by atoms with van der Waals surface area (Å²) in [5.74, 6) is 1.24. The van der Waals surface area contributed by atoms with Crippen LogP contribution in [0.4, 0.5) is 5.82 Å². The average Bonchev–Trinajstić information content (AvgIpc) is 3.54. The summed E-state index contributed by atoms with van der Waals surface area (Å²) in [6.45, 7) is 1.22. The zero-order valence-corrected chi connectivity index (χ0v) is 20.2. The van der Waals surface area contributed by atoms with Gasteiger partial charge in [-0.1, -0.05) is 0 Å². The summed E-state index contributed by atoms with van der Waals surface area (Å²) >= 11 is 0. The summed E-state index contributed by atoms with van der Waals surface area (Å²) in [4.78, 5) is 22.6. The molecule has 0 bridgehead atoms. The third kappa shape index (κ3) is 3.71. The predicted molar refractivity (Wildman–Crippen MR) is 132 cm³/mol. The first-order valence-electron chi connectivity index (χ1n) is 12.2. The fraction of sp³-hybridized carbons (Fsp3) is 0.440. The van der Waals surface area contributed by atoms with Crippen LogP contribution >= 0.6 is 0 Å². The maximum absolute atomic E-state index is 13.0. The van der Waals surface area contributed by atoms with Crippen molar-refractivity contribution < 1.29 is 19.4 Å². The number of aliphatic hydroxyl groups is 1. The highest BCUT2D eigenvalue weighted by Crippen LogP contribution is 2.37. The second-order valence-electron chi connectivity index (χ2n) is 9.32. The van der Waals surface area contributed by atoms with Gasteiger partial charge >= 0.3 is 0 Å². The normalized spacial score (nSPS) is 24.1. The molecule has 0 radical (unpaired) electrons. The van der Waals surface area contributed by atoms with Gasteiger partial charge in [0.25, 0.3) is 5.91 Å². The SMILES string of the molecule is CNc1cc(-c2cnc3n(C4CCOC[C@@H]4OC)cccc2-3)nc2c(C(=O)NC3CC[C@@H]3O)cnn12. The van der Waals surface area contributed by atoms with E-state index in [0.29, 0.717) is 42.4 Å². The van der Waals surface area contributed by atoms with E-state index in [1.54, 1.807) is 18.7 Å². The molecule has 11 nitrogen and oxygen atoms in total. The number of hydrogen-bond acceptors (Lipinski definition) is 8. The molecule has 2 aromatic rings. The number of hydrogen-bond donors (Lipinski definition) is 3. The van der Waals surface area contributed by atoms with E-state index in [-0.39, 0.29) is 24.1 Å². The topological polar surface area (TPSA) is 128 Å². The third-order valence-electron chi connectivity index (χ3n) is 7.33. The molecule has 0 spiro atoms. The number of nitrogens with one attached hydrogen (secondary N) is 2. The molecule has 5 heterocycles. The van der Waals surface area contributed by atoms with Gasteiger partial charge in [-0.2, -0.15) is 9.61 Å². The number of methoxy groups -OCH3 is 1. The molecular weight excluding hydrogens is 462 g/mol. The monoisotopic (exact) mass is 491 g/mol. The summed E-state index contributed by atoms with van der Waals surface area (Å²) in [5, 5.41) is 20.3. The number of pyridine rings is 1. The minimum absolute atomic E-state index is 0.0538. The Morgan fingerprint density at radius 1 is 1.25 bits per heavy atom. The Balaban J connectivity index is 1.39. The summed E-state index contributed by atoms with van der Waals surface area (Å²) in [5.41, 5.74) is 3.30. The summed E-state index contributed by atoms with van der Waals surface area (Å²) in [6, 6.07) is 5.82. The first kappa shape index (κ1) is 22.9. The zero-order valence-electron chi connectivity index (χ0n) is 20.2. The third-order valence-corrected chi connectivity index (χ3v) is 7.33. The highest BCUT2D eigenvalue weighted by Gasteiger charge is 2.32.